The van der Waals surface area contributed by atoms with Gasteiger partial charge in [0.1, 0.15) is 5.69 Å². The molecule has 1 aromatic carbocycles. The first-order valence-electron chi connectivity index (χ1n) is 3.56. The second-order valence-electron chi connectivity index (χ2n) is 2.64. The predicted octanol–water partition coefficient (Wildman–Crippen LogP) is 1.63. The van der Waals surface area contributed by atoms with E-state index in [-0.39, 0.29) is 11.3 Å². The van der Waals surface area contributed by atoms with Gasteiger partial charge in [-0.05, 0) is 13.0 Å². The number of rotatable bonds is 2. The van der Waals surface area contributed by atoms with Crippen LogP contribution >= 0.6 is 0 Å². The molecule has 0 unspecified atom stereocenters. The van der Waals surface area contributed by atoms with Gasteiger partial charge in [0.25, 0.3) is 5.69 Å². The van der Waals surface area contributed by atoms with Crippen LogP contribution in [0.5, 0.6) is 0 Å². The minimum Gasteiger partial charge on any atom is -0.264 e. The van der Waals surface area contributed by atoms with E-state index in [0.29, 0.717) is 0 Å². The molecule has 0 saturated heterocycles. The van der Waals surface area contributed by atoms with Crippen molar-refractivity contribution >= 4 is 11.4 Å². The Kier molecular flexibility index (Phi) is 2.63. The molecule has 6 nitrogen and oxygen atoms in total. The number of nitro benzene ring substituents is 1. The van der Waals surface area contributed by atoms with Crippen molar-refractivity contribution in [3.8, 4) is 0 Å². The molecular weight excluding hydrogens is 195 g/mol. The first-order chi connectivity index (χ1) is 6.43. The Morgan fingerprint density at radius 1 is 1.50 bits per heavy atom. The van der Waals surface area contributed by atoms with E-state index in [1.54, 1.807) is 0 Å². The third-order valence-electron chi connectivity index (χ3n) is 1.68. The normalized spacial score (nSPS) is 10.0. The molecule has 0 amide bonds. The fourth-order valence-electron chi connectivity index (χ4n) is 1.00. The van der Waals surface area contributed by atoms with Gasteiger partial charge >= 0.3 is 0 Å². The number of nitro groups is 1. The molecule has 0 radical (unpaired) electrons. The Morgan fingerprint density at radius 2 is 2.07 bits per heavy atom. The van der Waals surface area contributed by atoms with Crippen molar-refractivity contribution in [2.75, 3.05) is 5.23 Å². The first kappa shape index (κ1) is 10.4. The maximum absolute atomic E-state index is 13.0. The summed E-state index contributed by atoms with van der Waals surface area (Å²) >= 11 is 0. The highest BCUT2D eigenvalue weighted by Gasteiger charge is 2.17. The van der Waals surface area contributed by atoms with Crippen LogP contribution in [0.2, 0.25) is 0 Å². The minimum absolute atomic E-state index is 0.109. The van der Waals surface area contributed by atoms with Crippen molar-refractivity contribution in [1.29, 1.82) is 0 Å². The molecule has 0 aromatic heterocycles. The Bertz CT molecular complexity index is 380. The van der Waals surface area contributed by atoms with Crippen LogP contribution in [0, 0.1) is 22.9 Å². The van der Waals surface area contributed by atoms with Gasteiger partial charge in [0.2, 0.25) is 0 Å². The van der Waals surface area contributed by atoms with Gasteiger partial charge in [-0.1, -0.05) is 0 Å². The molecule has 1 aromatic rings. The third-order valence-corrected chi connectivity index (χ3v) is 1.68. The van der Waals surface area contributed by atoms with Crippen LogP contribution in [0.4, 0.5) is 15.8 Å². The van der Waals surface area contributed by atoms with E-state index in [4.69, 9.17) is 10.4 Å². The molecule has 7 heteroatoms. The zero-order valence-corrected chi connectivity index (χ0v) is 7.14. The van der Waals surface area contributed by atoms with Crippen LogP contribution in [0.1, 0.15) is 5.56 Å². The lowest BCUT2D eigenvalue weighted by atomic mass is 10.2. The average Bonchev–Trinajstić information content (AvgIpc) is 2.02. The van der Waals surface area contributed by atoms with Crippen LogP contribution in [-0.2, 0) is 0 Å². The summed E-state index contributed by atoms with van der Waals surface area (Å²) in [4.78, 5) is 9.67. The van der Waals surface area contributed by atoms with Crippen LogP contribution in [0.25, 0.3) is 0 Å². The molecule has 0 atom stereocenters. The maximum atomic E-state index is 13.0. The first-order valence-corrected chi connectivity index (χ1v) is 3.56. The maximum Gasteiger partial charge on any atom is 0.274 e. The number of aryl methyl sites for hydroxylation is 1. The van der Waals surface area contributed by atoms with E-state index in [1.165, 1.54) is 6.92 Å². The summed E-state index contributed by atoms with van der Waals surface area (Å²) in [5, 5.41) is 27.0. The number of hydrogen-bond donors (Lipinski definition) is 2. The molecule has 0 aliphatic carbocycles. The van der Waals surface area contributed by atoms with E-state index in [1.807, 2.05) is 0 Å². The van der Waals surface area contributed by atoms with E-state index in [2.05, 4.69) is 0 Å². The number of nitrogens with zero attached hydrogens (tertiary/aromatic N) is 2. The summed E-state index contributed by atoms with van der Waals surface area (Å²) in [6, 6.07) is 1.59. The second-order valence-corrected chi connectivity index (χ2v) is 2.64. The van der Waals surface area contributed by atoms with Crippen molar-refractivity contribution in [3.05, 3.63) is 33.6 Å². The van der Waals surface area contributed by atoms with Crippen molar-refractivity contribution in [2.45, 2.75) is 6.92 Å². The van der Waals surface area contributed by atoms with E-state index in [0.717, 1.165) is 12.1 Å². The number of benzene rings is 1. The van der Waals surface area contributed by atoms with Gasteiger partial charge in [0, 0.05) is 11.6 Å². The third kappa shape index (κ3) is 1.78. The monoisotopic (exact) mass is 202 g/mol. The smallest absolute Gasteiger partial charge is 0.264 e. The highest BCUT2D eigenvalue weighted by molar-refractivity contribution is 5.54. The van der Waals surface area contributed by atoms with Crippen LogP contribution in [0.15, 0.2) is 12.1 Å². The molecule has 0 saturated carbocycles. The van der Waals surface area contributed by atoms with Crippen molar-refractivity contribution in [2.24, 2.45) is 0 Å². The summed E-state index contributed by atoms with van der Waals surface area (Å²) in [6.45, 7) is 1.35. The SMILES string of the molecule is Cc1cc(F)c(N(O)O)cc1[N+](=O)[O-]. The molecule has 0 fully saturated rings. The van der Waals surface area contributed by atoms with Crippen LogP contribution < -0.4 is 5.23 Å². The number of hydrogen-bond acceptors (Lipinski definition) is 5. The Labute approximate surface area is 77.9 Å². The van der Waals surface area contributed by atoms with Gasteiger partial charge in [0.15, 0.2) is 5.82 Å². The molecule has 0 aliphatic heterocycles. The fraction of sp³-hybridized carbons (Fsp3) is 0.143. The second kappa shape index (κ2) is 3.56. The summed E-state index contributed by atoms with van der Waals surface area (Å²) in [5.41, 5.74) is -0.935. The van der Waals surface area contributed by atoms with Crippen LogP contribution in [-0.4, -0.2) is 15.3 Å². The van der Waals surface area contributed by atoms with Crippen molar-refractivity contribution < 1.29 is 19.7 Å². The standard InChI is InChI=1S/C7H7FN2O4/c1-4-2-5(8)7(10(13)14)3-6(4)9(11)12/h2-3,13-14H,1H3. The average molecular weight is 202 g/mol. The summed E-state index contributed by atoms with van der Waals surface area (Å²) in [6.07, 6.45) is 0. The van der Waals surface area contributed by atoms with Gasteiger partial charge < -0.3 is 0 Å². The number of anilines is 1. The van der Waals surface area contributed by atoms with E-state index in [9.17, 15) is 14.5 Å². The lowest BCUT2D eigenvalue weighted by Crippen LogP contribution is -2.13. The van der Waals surface area contributed by atoms with E-state index >= 15 is 0 Å². The van der Waals surface area contributed by atoms with Gasteiger partial charge in [-0.3, -0.25) is 20.5 Å². The van der Waals surface area contributed by atoms with Gasteiger partial charge in [-0.15, -0.1) is 5.23 Å². The van der Waals surface area contributed by atoms with Crippen molar-refractivity contribution in [1.82, 2.24) is 0 Å². The molecule has 0 bridgehead atoms. The quantitative estimate of drug-likeness (QED) is 0.562. The van der Waals surface area contributed by atoms with Gasteiger partial charge in [0.05, 0.1) is 4.92 Å². The predicted molar refractivity (Wildman–Crippen MR) is 43.8 cm³/mol. The molecule has 2 N–H and O–H groups in total. The molecule has 0 heterocycles. The lowest BCUT2D eigenvalue weighted by Gasteiger charge is -2.09. The Morgan fingerprint density at radius 3 is 2.50 bits per heavy atom. The summed E-state index contributed by atoms with van der Waals surface area (Å²) in [5.74, 6) is -0.946. The Balaban J connectivity index is 3.34. The summed E-state index contributed by atoms with van der Waals surface area (Å²) < 4.78 is 13.0. The molecular formula is C7H7FN2O4. The molecule has 1 rings (SSSR count). The zero-order chi connectivity index (χ0) is 10.9. The topological polar surface area (TPSA) is 86.8 Å². The van der Waals surface area contributed by atoms with Gasteiger partial charge in [-0.25, -0.2) is 4.39 Å². The fourth-order valence-corrected chi connectivity index (χ4v) is 1.00. The number of halogens is 1. The van der Waals surface area contributed by atoms with Gasteiger partial charge in [-0.2, -0.15) is 0 Å². The van der Waals surface area contributed by atoms with Crippen molar-refractivity contribution in [3.63, 3.8) is 0 Å². The van der Waals surface area contributed by atoms with E-state index < -0.39 is 21.7 Å². The molecule has 14 heavy (non-hydrogen) atoms. The van der Waals surface area contributed by atoms with Crippen LogP contribution in [0.3, 0.4) is 0 Å². The largest absolute Gasteiger partial charge is 0.274 e. The lowest BCUT2D eigenvalue weighted by molar-refractivity contribution is -0.385. The summed E-state index contributed by atoms with van der Waals surface area (Å²) in [7, 11) is 0. The Hall–Kier alpha value is -1.73. The highest BCUT2D eigenvalue weighted by atomic mass is 19.1. The molecule has 0 spiro atoms. The highest BCUT2D eigenvalue weighted by Crippen LogP contribution is 2.26. The zero-order valence-electron chi connectivity index (χ0n) is 7.14. The molecule has 0 aliphatic rings. The minimum atomic E-state index is -0.946. The molecule has 76 valence electrons.